The number of halogens is 4. The van der Waals surface area contributed by atoms with Crippen LogP contribution in [0.25, 0.3) is 5.57 Å². The van der Waals surface area contributed by atoms with Crippen molar-refractivity contribution in [2.24, 2.45) is 0 Å². The third-order valence-corrected chi connectivity index (χ3v) is 5.09. The van der Waals surface area contributed by atoms with E-state index in [-0.39, 0.29) is 27.5 Å². The molecule has 0 bridgehead atoms. The molecule has 162 valence electrons. The number of nitrogens with zero attached hydrogens (tertiary/aromatic N) is 1. The number of carbonyl (C=O) groups is 2. The summed E-state index contributed by atoms with van der Waals surface area (Å²) in [5.74, 6) is -4.04. The van der Waals surface area contributed by atoms with E-state index >= 15 is 0 Å². The number of methoxy groups -OCH3 is 1. The van der Waals surface area contributed by atoms with E-state index in [0.29, 0.717) is 16.3 Å². The van der Waals surface area contributed by atoms with E-state index in [1.54, 1.807) is 12.1 Å². The van der Waals surface area contributed by atoms with Gasteiger partial charge in [-0.15, -0.1) is 0 Å². The molecule has 0 saturated carbocycles. The van der Waals surface area contributed by atoms with Gasteiger partial charge in [0.15, 0.2) is 11.6 Å². The van der Waals surface area contributed by atoms with Crippen LogP contribution in [0.15, 0.2) is 66.4 Å². The molecule has 3 aromatic rings. The number of ether oxygens (including phenoxy) is 1. The van der Waals surface area contributed by atoms with E-state index < -0.39 is 29.3 Å². The SMILES string of the molecule is COc1ccc(NC2=C(c3ccc(F)cc3)C(=O)N(c3ccc(F)c(F)c3)C2=O)cc1Cl. The molecule has 0 spiro atoms. The number of rotatable bonds is 5. The van der Waals surface area contributed by atoms with Crippen molar-refractivity contribution in [2.75, 3.05) is 17.3 Å². The minimum atomic E-state index is -1.21. The first-order valence-corrected chi connectivity index (χ1v) is 9.62. The number of anilines is 2. The van der Waals surface area contributed by atoms with E-state index in [4.69, 9.17) is 16.3 Å². The number of nitrogens with one attached hydrogen (secondary N) is 1. The van der Waals surface area contributed by atoms with Crippen LogP contribution in [0.1, 0.15) is 5.56 Å². The maximum absolute atomic E-state index is 13.8. The Hall–Kier alpha value is -3.78. The van der Waals surface area contributed by atoms with Gasteiger partial charge in [0.1, 0.15) is 17.3 Å². The summed E-state index contributed by atoms with van der Waals surface area (Å²) in [5, 5.41) is 3.13. The van der Waals surface area contributed by atoms with Gasteiger partial charge >= 0.3 is 0 Å². The molecule has 0 fully saturated rings. The second-order valence-corrected chi connectivity index (χ2v) is 7.18. The van der Waals surface area contributed by atoms with Gasteiger partial charge in [-0.25, -0.2) is 18.1 Å². The molecule has 0 aromatic heterocycles. The molecule has 2 amide bonds. The van der Waals surface area contributed by atoms with Crippen molar-refractivity contribution in [2.45, 2.75) is 0 Å². The molecule has 9 heteroatoms. The number of carbonyl (C=O) groups excluding carboxylic acids is 2. The van der Waals surface area contributed by atoms with E-state index in [1.807, 2.05) is 0 Å². The van der Waals surface area contributed by atoms with Crippen molar-refractivity contribution in [3.05, 3.63) is 94.4 Å². The Balaban J connectivity index is 1.81. The summed E-state index contributed by atoms with van der Waals surface area (Å²) < 4.78 is 45.7. The van der Waals surface area contributed by atoms with Crippen LogP contribution < -0.4 is 15.0 Å². The predicted molar refractivity (Wildman–Crippen MR) is 114 cm³/mol. The average molecular weight is 459 g/mol. The molecule has 1 N–H and O–H groups in total. The predicted octanol–water partition coefficient (Wildman–Crippen LogP) is 5.16. The molecule has 0 aliphatic carbocycles. The van der Waals surface area contributed by atoms with E-state index in [2.05, 4.69) is 5.32 Å². The number of benzene rings is 3. The van der Waals surface area contributed by atoms with Gasteiger partial charge in [0.25, 0.3) is 11.8 Å². The monoisotopic (exact) mass is 458 g/mol. The molecule has 1 heterocycles. The number of hydrogen-bond acceptors (Lipinski definition) is 4. The third kappa shape index (κ3) is 3.80. The molecular weight excluding hydrogens is 445 g/mol. The summed E-state index contributed by atoms with van der Waals surface area (Å²) in [7, 11) is 1.45. The Bertz CT molecular complexity index is 1280. The van der Waals surface area contributed by atoms with E-state index in [0.717, 1.165) is 30.3 Å². The van der Waals surface area contributed by atoms with Gasteiger partial charge in [-0.1, -0.05) is 23.7 Å². The average Bonchev–Trinajstić information content (AvgIpc) is 3.00. The molecule has 4 rings (SSSR count). The van der Waals surface area contributed by atoms with Crippen molar-refractivity contribution in [1.29, 1.82) is 0 Å². The van der Waals surface area contributed by atoms with Gasteiger partial charge in [0.2, 0.25) is 0 Å². The molecule has 32 heavy (non-hydrogen) atoms. The maximum atomic E-state index is 13.8. The van der Waals surface area contributed by atoms with Crippen LogP contribution >= 0.6 is 11.6 Å². The number of hydrogen-bond donors (Lipinski definition) is 1. The first-order chi connectivity index (χ1) is 15.3. The van der Waals surface area contributed by atoms with Gasteiger partial charge in [-0.2, -0.15) is 0 Å². The molecule has 1 aliphatic rings. The smallest absolute Gasteiger partial charge is 0.282 e. The fourth-order valence-electron chi connectivity index (χ4n) is 3.28. The molecule has 1 aliphatic heterocycles. The Morgan fingerprint density at radius 2 is 1.59 bits per heavy atom. The lowest BCUT2D eigenvalue weighted by molar-refractivity contribution is -0.120. The standard InChI is InChI=1S/C23H14ClF3N2O3/c1-32-19-9-6-14(10-16(19)24)28-21-20(12-2-4-13(25)5-3-12)22(30)29(23(21)31)15-7-8-17(26)18(27)11-15/h2-11,28H,1H3. The van der Waals surface area contributed by atoms with Crippen molar-refractivity contribution >= 4 is 40.4 Å². The quantitative estimate of drug-likeness (QED) is 0.536. The summed E-state index contributed by atoms with van der Waals surface area (Å²) in [6, 6.07) is 12.3. The van der Waals surface area contributed by atoms with Crippen LogP contribution in [0.4, 0.5) is 24.5 Å². The van der Waals surface area contributed by atoms with Gasteiger partial charge in [-0.05, 0) is 48.0 Å². The summed E-state index contributed by atoms with van der Waals surface area (Å²) >= 11 is 6.15. The van der Waals surface area contributed by atoms with Gasteiger partial charge < -0.3 is 10.1 Å². The van der Waals surface area contributed by atoms with Gasteiger partial charge in [-0.3, -0.25) is 9.59 Å². The summed E-state index contributed by atoms with van der Waals surface area (Å²) in [6.45, 7) is 0. The fraction of sp³-hybridized carbons (Fsp3) is 0.0435. The Morgan fingerprint density at radius 3 is 2.22 bits per heavy atom. The van der Waals surface area contributed by atoms with Gasteiger partial charge in [0.05, 0.1) is 23.4 Å². The summed E-state index contributed by atoms with van der Waals surface area (Å²) in [5.41, 5.74) is 0.290. The minimum absolute atomic E-state index is 0.0633. The van der Waals surface area contributed by atoms with Crippen LogP contribution in [0.3, 0.4) is 0 Å². The van der Waals surface area contributed by atoms with Crippen molar-refractivity contribution < 1.29 is 27.5 Å². The van der Waals surface area contributed by atoms with Crippen molar-refractivity contribution in [1.82, 2.24) is 0 Å². The molecule has 5 nitrogen and oxygen atoms in total. The first-order valence-electron chi connectivity index (χ1n) is 9.24. The zero-order valence-corrected chi connectivity index (χ0v) is 17.2. The molecule has 0 saturated heterocycles. The summed E-state index contributed by atoms with van der Waals surface area (Å²) in [6.07, 6.45) is 0. The fourth-order valence-corrected chi connectivity index (χ4v) is 3.53. The second kappa shape index (κ2) is 8.39. The number of imide groups is 1. The Labute approximate surface area is 185 Å². The highest BCUT2D eigenvalue weighted by atomic mass is 35.5. The lowest BCUT2D eigenvalue weighted by Crippen LogP contribution is -2.32. The normalized spacial score (nSPS) is 13.7. The summed E-state index contributed by atoms with van der Waals surface area (Å²) in [4.78, 5) is 27.1. The second-order valence-electron chi connectivity index (χ2n) is 6.78. The molecule has 0 radical (unpaired) electrons. The van der Waals surface area contributed by atoms with Crippen molar-refractivity contribution in [3.63, 3.8) is 0 Å². The lowest BCUT2D eigenvalue weighted by Gasteiger charge is -2.16. The Kier molecular flexibility index (Phi) is 5.63. The highest BCUT2D eigenvalue weighted by Gasteiger charge is 2.40. The Morgan fingerprint density at radius 1 is 0.875 bits per heavy atom. The van der Waals surface area contributed by atoms with Crippen LogP contribution in [-0.2, 0) is 9.59 Å². The number of amides is 2. The van der Waals surface area contributed by atoms with Crippen LogP contribution in [0.2, 0.25) is 5.02 Å². The van der Waals surface area contributed by atoms with E-state index in [9.17, 15) is 22.8 Å². The van der Waals surface area contributed by atoms with Crippen LogP contribution in [-0.4, -0.2) is 18.9 Å². The van der Waals surface area contributed by atoms with Gasteiger partial charge in [0, 0.05) is 11.8 Å². The maximum Gasteiger partial charge on any atom is 0.282 e. The highest BCUT2D eigenvalue weighted by Crippen LogP contribution is 2.35. The largest absolute Gasteiger partial charge is 0.495 e. The molecule has 0 unspecified atom stereocenters. The van der Waals surface area contributed by atoms with Crippen LogP contribution in [0, 0.1) is 17.5 Å². The minimum Gasteiger partial charge on any atom is -0.495 e. The highest BCUT2D eigenvalue weighted by molar-refractivity contribution is 6.46. The zero-order valence-electron chi connectivity index (χ0n) is 16.5. The zero-order chi connectivity index (χ0) is 23.0. The van der Waals surface area contributed by atoms with Crippen molar-refractivity contribution in [3.8, 4) is 5.75 Å². The lowest BCUT2D eigenvalue weighted by atomic mass is 10.0. The van der Waals surface area contributed by atoms with Crippen LogP contribution in [0.5, 0.6) is 5.75 Å². The topological polar surface area (TPSA) is 58.6 Å². The molecule has 3 aromatic carbocycles. The molecular formula is C23H14ClF3N2O3. The van der Waals surface area contributed by atoms with E-state index in [1.165, 1.54) is 25.3 Å². The first kappa shape index (κ1) is 21.5. The molecule has 0 atom stereocenters. The third-order valence-electron chi connectivity index (χ3n) is 4.80.